The molecule has 3 N–H and O–H groups in total. The van der Waals surface area contributed by atoms with E-state index in [1.807, 2.05) is 31.3 Å². The van der Waals surface area contributed by atoms with Gasteiger partial charge in [0, 0.05) is 56.5 Å². The van der Waals surface area contributed by atoms with Gasteiger partial charge >= 0.3 is 6.03 Å². The first kappa shape index (κ1) is 15.2. The Bertz CT molecular complexity index is 773. The van der Waals surface area contributed by atoms with E-state index in [9.17, 15) is 4.79 Å². The van der Waals surface area contributed by atoms with Gasteiger partial charge in [0.1, 0.15) is 5.82 Å². The highest BCUT2D eigenvalue weighted by atomic mass is 16.2. The number of amides is 2. The lowest BCUT2D eigenvalue weighted by molar-refractivity contribution is 0.127. The minimum atomic E-state index is -0.102. The third-order valence-corrected chi connectivity index (χ3v) is 5.46. The minimum Gasteiger partial charge on any atom is -0.326 e. The summed E-state index contributed by atoms with van der Waals surface area (Å²) in [5.74, 6) is 0.669. The van der Waals surface area contributed by atoms with Gasteiger partial charge in [0.15, 0.2) is 0 Å². The molecule has 1 aliphatic heterocycles. The van der Waals surface area contributed by atoms with Crippen LogP contribution in [0.1, 0.15) is 19.3 Å². The van der Waals surface area contributed by atoms with E-state index in [1.54, 1.807) is 15.6 Å². The quantitative estimate of drug-likeness (QED) is 0.864. The number of urea groups is 1. The fourth-order valence-corrected chi connectivity index (χ4v) is 3.77. The van der Waals surface area contributed by atoms with Crippen molar-refractivity contribution < 1.29 is 4.79 Å². The van der Waals surface area contributed by atoms with Crippen molar-refractivity contribution in [1.82, 2.24) is 24.5 Å². The Morgan fingerprint density at radius 2 is 2.21 bits per heavy atom. The Hall–Kier alpha value is -2.35. The van der Waals surface area contributed by atoms with E-state index in [1.165, 1.54) is 6.42 Å². The monoisotopic (exact) mass is 329 g/mol. The Balaban J connectivity index is 1.47. The summed E-state index contributed by atoms with van der Waals surface area (Å²) in [7, 11) is 3.68. The van der Waals surface area contributed by atoms with Crippen LogP contribution in [0.25, 0.3) is 11.3 Å². The lowest BCUT2D eigenvalue weighted by Gasteiger charge is -2.41. The zero-order valence-electron chi connectivity index (χ0n) is 14.1. The SMILES string of the molecule is Cn1cc(-c2cc(NC(=O)N3CC(N)C4(CCC4)C3)n(C)n2)cn1. The highest BCUT2D eigenvalue weighted by Gasteiger charge is 2.49. The first-order chi connectivity index (χ1) is 11.5. The van der Waals surface area contributed by atoms with Crippen molar-refractivity contribution in [3.63, 3.8) is 0 Å². The number of hydrogen-bond acceptors (Lipinski definition) is 4. The number of anilines is 1. The van der Waals surface area contributed by atoms with Crippen molar-refractivity contribution in [2.75, 3.05) is 18.4 Å². The molecular formula is C16H23N7O. The van der Waals surface area contributed by atoms with Crippen molar-refractivity contribution in [2.24, 2.45) is 25.2 Å². The summed E-state index contributed by atoms with van der Waals surface area (Å²) in [5, 5.41) is 11.6. The average molecular weight is 329 g/mol. The molecule has 2 amide bonds. The van der Waals surface area contributed by atoms with Gasteiger partial charge in [0.05, 0.1) is 11.9 Å². The molecule has 8 nitrogen and oxygen atoms in total. The van der Waals surface area contributed by atoms with Crippen LogP contribution in [0.2, 0.25) is 0 Å². The molecule has 128 valence electrons. The maximum Gasteiger partial charge on any atom is 0.323 e. The summed E-state index contributed by atoms with van der Waals surface area (Å²) in [6, 6.07) is 1.86. The van der Waals surface area contributed by atoms with E-state index < -0.39 is 0 Å². The van der Waals surface area contributed by atoms with Crippen LogP contribution in [-0.4, -0.2) is 49.6 Å². The van der Waals surface area contributed by atoms with Crippen molar-refractivity contribution >= 4 is 11.8 Å². The molecule has 0 bridgehead atoms. The molecule has 1 unspecified atom stereocenters. The van der Waals surface area contributed by atoms with Gasteiger partial charge in [-0.25, -0.2) is 4.79 Å². The molecule has 2 aliphatic rings. The molecule has 1 saturated carbocycles. The van der Waals surface area contributed by atoms with Crippen LogP contribution < -0.4 is 11.1 Å². The highest BCUT2D eigenvalue weighted by Crippen LogP contribution is 2.47. The number of aryl methyl sites for hydroxylation is 2. The second-order valence-corrected chi connectivity index (χ2v) is 7.07. The maximum absolute atomic E-state index is 12.6. The summed E-state index contributed by atoms with van der Waals surface area (Å²) in [4.78, 5) is 14.4. The van der Waals surface area contributed by atoms with Crippen LogP contribution in [0.4, 0.5) is 10.6 Å². The van der Waals surface area contributed by atoms with Crippen LogP contribution in [0, 0.1) is 5.41 Å². The third kappa shape index (κ3) is 2.37. The second-order valence-electron chi connectivity index (χ2n) is 7.07. The summed E-state index contributed by atoms with van der Waals surface area (Å²) < 4.78 is 3.40. The highest BCUT2D eigenvalue weighted by molar-refractivity contribution is 5.89. The molecule has 0 radical (unpaired) electrons. The third-order valence-electron chi connectivity index (χ3n) is 5.46. The lowest BCUT2D eigenvalue weighted by Crippen LogP contribution is -2.45. The van der Waals surface area contributed by atoms with Crippen LogP contribution in [-0.2, 0) is 14.1 Å². The molecule has 1 saturated heterocycles. The minimum absolute atomic E-state index is 0.0921. The number of nitrogens with one attached hydrogen (secondary N) is 1. The zero-order valence-corrected chi connectivity index (χ0v) is 14.1. The molecule has 4 rings (SSSR count). The Labute approximate surface area is 140 Å². The van der Waals surface area contributed by atoms with Gasteiger partial charge in [0.2, 0.25) is 0 Å². The van der Waals surface area contributed by atoms with E-state index in [2.05, 4.69) is 15.5 Å². The van der Waals surface area contributed by atoms with Gasteiger partial charge in [-0.05, 0) is 12.8 Å². The number of likely N-dealkylation sites (tertiary alicyclic amines) is 1. The number of nitrogens with zero attached hydrogens (tertiary/aromatic N) is 5. The first-order valence-corrected chi connectivity index (χ1v) is 8.31. The topological polar surface area (TPSA) is 94.0 Å². The molecule has 2 fully saturated rings. The molecule has 0 aromatic carbocycles. The Morgan fingerprint density at radius 1 is 1.42 bits per heavy atom. The summed E-state index contributed by atoms with van der Waals surface area (Å²) in [5.41, 5.74) is 8.13. The molecule has 2 aromatic heterocycles. The van der Waals surface area contributed by atoms with Crippen LogP contribution in [0.3, 0.4) is 0 Å². The van der Waals surface area contributed by atoms with Crippen molar-refractivity contribution in [3.8, 4) is 11.3 Å². The van der Waals surface area contributed by atoms with Crippen molar-refractivity contribution in [3.05, 3.63) is 18.5 Å². The van der Waals surface area contributed by atoms with Gasteiger partial charge in [-0.15, -0.1) is 0 Å². The fraction of sp³-hybridized carbons (Fsp3) is 0.562. The van der Waals surface area contributed by atoms with Crippen LogP contribution in [0.15, 0.2) is 18.5 Å². The molecule has 1 aliphatic carbocycles. The molecular weight excluding hydrogens is 306 g/mol. The number of carbonyl (C=O) groups is 1. The number of rotatable bonds is 2. The van der Waals surface area contributed by atoms with Gasteiger partial charge in [0.25, 0.3) is 0 Å². The summed E-state index contributed by atoms with van der Waals surface area (Å²) in [6.07, 6.45) is 7.14. The number of aromatic nitrogens is 4. The van der Waals surface area contributed by atoms with Gasteiger partial charge in [-0.3, -0.25) is 14.7 Å². The zero-order chi connectivity index (χ0) is 16.9. The molecule has 1 spiro atoms. The first-order valence-electron chi connectivity index (χ1n) is 8.31. The summed E-state index contributed by atoms with van der Waals surface area (Å²) >= 11 is 0. The van der Waals surface area contributed by atoms with E-state index in [0.717, 1.165) is 30.6 Å². The maximum atomic E-state index is 12.6. The second kappa shape index (κ2) is 5.34. The van der Waals surface area contributed by atoms with Crippen molar-refractivity contribution in [2.45, 2.75) is 25.3 Å². The predicted octanol–water partition coefficient (Wildman–Crippen LogP) is 1.17. The van der Waals surface area contributed by atoms with Gasteiger partial charge in [-0.1, -0.05) is 6.42 Å². The summed E-state index contributed by atoms with van der Waals surface area (Å²) in [6.45, 7) is 1.38. The van der Waals surface area contributed by atoms with E-state index >= 15 is 0 Å². The largest absolute Gasteiger partial charge is 0.326 e. The number of nitrogens with two attached hydrogens (primary N) is 1. The molecule has 1 atom stereocenters. The standard InChI is InChI=1S/C16H23N7O/c1-21-8-11(7-18-21)12-6-14(22(2)20-12)19-15(24)23-9-13(17)16(10-23)4-3-5-16/h6-8,13H,3-5,9-10,17H2,1-2H3,(H,19,24). The van der Waals surface area contributed by atoms with E-state index in [0.29, 0.717) is 12.4 Å². The van der Waals surface area contributed by atoms with Crippen LogP contribution >= 0.6 is 0 Å². The lowest BCUT2D eigenvalue weighted by atomic mass is 9.66. The van der Waals surface area contributed by atoms with E-state index in [4.69, 9.17) is 5.73 Å². The molecule has 2 aromatic rings. The van der Waals surface area contributed by atoms with Crippen molar-refractivity contribution in [1.29, 1.82) is 0 Å². The normalized spacial score (nSPS) is 22.0. The Morgan fingerprint density at radius 3 is 2.79 bits per heavy atom. The Kier molecular flexibility index (Phi) is 3.38. The average Bonchev–Trinajstić information content (AvgIpc) is 3.17. The molecule has 3 heterocycles. The number of carbonyl (C=O) groups excluding carboxylic acids is 1. The number of hydrogen-bond donors (Lipinski definition) is 2. The van der Waals surface area contributed by atoms with E-state index in [-0.39, 0.29) is 17.5 Å². The van der Waals surface area contributed by atoms with Gasteiger partial charge in [-0.2, -0.15) is 10.2 Å². The molecule has 8 heteroatoms. The van der Waals surface area contributed by atoms with Crippen LogP contribution in [0.5, 0.6) is 0 Å². The fourth-order valence-electron chi connectivity index (χ4n) is 3.77. The molecule has 24 heavy (non-hydrogen) atoms. The smallest absolute Gasteiger partial charge is 0.323 e. The van der Waals surface area contributed by atoms with Gasteiger partial charge < -0.3 is 10.6 Å². The predicted molar refractivity (Wildman–Crippen MR) is 90.3 cm³/mol.